The van der Waals surface area contributed by atoms with Crippen molar-refractivity contribution in [1.29, 1.82) is 0 Å². The van der Waals surface area contributed by atoms with E-state index in [2.05, 4.69) is 0 Å². The SMILES string of the molecule is CC(=O)C(C)C(=O)[O-].CC(=O)C(C)C(=O)[O-].CCCO.CCCO.[Zr+2]. The number of Topliss-reactive ketones (excluding diaryl/α,β-unsaturated/α-hetero) is 2. The molecule has 8 nitrogen and oxygen atoms in total. The van der Waals surface area contributed by atoms with Crippen LogP contribution in [0.4, 0.5) is 0 Å². The summed E-state index contributed by atoms with van der Waals surface area (Å²) in [4.78, 5) is 39.9. The van der Waals surface area contributed by atoms with Gasteiger partial charge in [0.05, 0.1) is 23.8 Å². The van der Waals surface area contributed by atoms with Crippen molar-refractivity contribution < 1.29 is 65.8 Å². The minimum absolute atomic E-state index is 0. The number of carboxylic acids is 2. The van der Waals surface area contributed by atoms with E-state index in [9.17, 15) is 29.4 Å². The van der Waals surface area contributed by atoms with Gasteiger partial charge in [-0.15, -0.1) is 0 Å². The van der Waals surface area contributed by atoms with Crippen LogP contribution < -0.4 is 10.2 Å². The molecule has 0 aliphatic rings. The van der Waals surface area contributed by atoms with E-state index in [0.29, 0.717) is 13.2 Å². The van der Waals surface area contributed by atoms with E-state index in [-0.39, 0.29) is 37.8 Å². The molecule has 0 spiro atoms. The van der Waals surface area contributed by atoms with Crippen molar-refractivity contribution >= 4 is 23.5 Å². The Morgan fingerprint density at radius 1 is 0.760 bits per heavy atom. The fourth-order valence-electron chi connectivity index (χ4n) is 0.332. The minimum Gasteiger partial charge on any atom is -0.549 e. The quantitative estimate of drug-likeness (QED) is 0.482. The van der Waals surface area contributed by atoms with E-state index < -0.39 is 23.8 Å². The second-order valence-electron chi connectivity index (χ2n) is 4.75. The van der Waals surface area contributed by atoms with Gasteiger partial charge in [-0.3, -0.25) is 9.59 Å². The largest absolute Gasteiger partial charge is 2.00 e. The number of carboxylic acid groups (broad SMARTS) is 2. The number of aliphatic carboxylic acids is 2. The maximum absolute atomic E-state index is 10.2. The summed E-state index contributed by atoms with van der Waals surface area (Å²) in [7, 11) is 0. The Morgan fingerprint density at radius 3 is 0.920 bits per heavy atom. The van der Waals surface area contributed by atoms with Gasteiger partial charge in [-0.25, -0.2) is 0 Å². The Bertz CT molecular complexity index is 292. The Labute approximate surface area is 168 Å². The average molecular weight is 442 g/mol. The van der Waals surface area contributed by atoms with Crippen LogP contribution in [0, 0.1) is 11.8 Å². The third-order valence-electron chi connectivity index (χ3n) is 2.37. The molecule has 0 saturated heterocycles. The van der Waals surface area contributed by atoms with Gasteiger partial charge in [-0.05, 0) is 26.7 Å². The van der Waals surface area contributed by atoms with Gasteiger partial charge in [0.2, 0.25) is 0 Å². The number of hydrogen-bond acceptors (Lipinski definition) is 8. The number of ketones is 2. The zero-order chi connectivity index (χ0) is 20.3. The maximum Gasteiger partial charge on any atom is 2.00 e. The molecule has 0 fully saturated rings. The van der Waals surface area contributed by atoms with Crippen molar-refractivity contribution in [2.75, 3.05) is 13.2 Å². The molecule has 2 unspecified atom stereocenters. The molecule has 0 amide bonds. The third kappa shape index (κ3) is 35.2. The normalized spacial score (nSPS) is 10.6. The van der Waals surface area contributed by atoms with Crippen molar-refractivity contribution in [2.24, 2.45) is 11.8 Å². The van der Waals surface area contributed by atoms with Crippen molar-refractivity contribution in [2.45, 2.75) is 54.4 Å². The van der Waals surface area contributed by atoms with Crippen LogP contribution in [-0.4, -0.2) is 46.9 Å². The Hall–Kier alpha value is -0.917. The van der Waals surface area contributed by atoms with E-state index >= 15 is 0 Å². The van der Waals surface area contributed by atoms with Gasteiger partial charge in [-0.2, -0.15) is 0 Å². The fourth-order valence-corrected chi connectivity index (χ4v) is 0.332. The zero-order valence-electron chi connectivity index (χ0n) is 15.8. The van der Waals surface area contributed by atoms with Gasteiger partial charge in [0.25, 0.3) is 0 Å². The first-order valence-corrected chi connectivity index (χ1v) is 7.58. The number of aliphatic hydroxyl groups excluding tert-OH is 2. The van der Waals surface area contributed by atoms with Crippen LogP contribution in [0.3, 0.4) is 0 Å². The van der Waals surface area contributed by atoms with Gasteiger partial charge in [0.1, 0.15) is 11.6 Å². The van der Waals surface area contributed by atoms with E-state index in [1.165, 1.54) is 27.7 Å². The van der Waals surface area contributed by atoms with Crippen molar-refractivity contribution in [3.05, 3.63) is 0 Å². The average Bonchev–Trinajstić information content (AvgIpc) is 2.53. The summed E-state index contributed by atoms with van der Waals surface area (Å²) >= 11 is 0. The standard InChI is InChI=1S/2C5H8O3.2C3H8O.Zr/c2*1-3(4(2)6)5(7)8;2*1-2-3-4;/h2*3H,1-2H3,(H,7,8);2*4H,2-3H2,1H3;/q;;;;+2/p-2. The molecule has 2 atom stereocenters. The zero-order valence-corrected chi connectivity index (χ0v) is 18.3. The molecular weight excluding hydrogens is 411 g/mol. The van der Waals surface area contributed by atoms with Crippen molar-refractivity contribution in [3.8, 4) is 0 Å². The summed E-state index contributed by atoms with van der Waals surface area (Å²) in [6, 6.07) is 0. The molecular formula is C16H30O8Zr. The van der Waals surface area contributed by atoms with Crippen molar-refractivity contribution in [3.63, 3.8) is 0 Å². The number of aliphatic hydroxyl groups is 2. The second-order valence-corrected chi connectivity index (χ2v) is 4.75. The first-order chi connectivity index (χ1) is 10.9. The molecule has 0 rings (SSSR count). The molecule has 9 heteroatoms. The molecule has 25 heavy (non-hydrogen) atoms. The summed E-state index contributed by atoms with van der Waals surface area (Å²) in [6.07, 6.45) is 1.75. The van der Waals surface area contributed by atoms with Gasteiger partial charge in [-0.1, -0.05) is 27.7 Å². The molecule has 0 heterocycles. The van der Waals surface area contributed by atoms with E-state index in [1.807, 2.05) is 13.8 Å². The van der Waals surface area contributed by atoms with Gasteiger partial charge in [0.15, 0.2) is 0 Å². The number of carbonyl (C=O) groups is 4. The van der Waals surface area contributed by atoms with Gasteiger partial charge in [0, 0.05) is 13.2 Å². The summed E-state index contributed by atoms with van der Waals surface area (Å²) < 4.78 is 0. The van der Waals surface area contributed by atoms with Crippen LogP contribution in [0.15, 0.2) is 0 Å². The minimum atomic E-state index is -1.31. The summed E-state index contributed by atoms with van der Waals surface area (Å²) in [6.45, 7) is 9.55. The molecule has 0 aliphatic heterocycles. The van der Waals surface area contributed by atoms with E-state index in [4.69, 9.17) is 10.2 Å². The smallest absolute Gasteiger partial charge is 0.549 e. The molecule has 146 valence electrons. The van der Waals surface area contributed by atoms with Crippen LogP contribution in [0.5, 0.6) is 0 Å². The molecule has 0 saturated carbocycles. The number of carbonyl (C=O) groups excluding carboxylic acids is 4. The molecule has 0 radical (unpaired) electrons. The number of hydrogen-bond donors (Lipinski definition) is 2. The van der Waals surface area contributed by atoms with Crippen LogP contribution in [0.25, 0.3) is 0 Å². The predicted octanol–water partition coefficient (Wildman–Crippen LogP) is -1.30. The summed E-state index contributed by atoms with van der Waals surface area (Å²) in [5, 5.41) is 35.4. The summed E-state index contributed by atoms with van der Waals surface area (Å²) in [5.41, 5.74) is 0. The molecule has 2 N–H and O–H groups in total. The van der Waals surface area contributed by atoms with Gasteiger partial charge < -0.3 is 30.0 Å². The Balaban J connectivity index is -0.0000000739. The Morgan fingerprint density at radius 2 is 0.920 bits per heavy atom. The predicted molar refractivity (Wildman–Crippen MR) is 84.5 cm³/mol. The fraction of sp³-hybridized carbons (Fsp3) is 0.750. The van der Waals surface area contributed by atoms with E-state index in [0.717, 1.165) is 12.8 Å². The van der Waals surface area contributed by atoms with Crippen LogP contribution >= 0.6 is 0 Å². The topological polar surface area (TPSA) is 155 Å². The molecule has 0 aromatic carbocycles. The second kappa shape index (κ2) is 25.3. The monoisotopic (exact) mass is 440 g/mol. The summed E-state index contributed by atoms with van der Waals surface area (Å²) in [5.74, 6) is -5.28. The maximum atomic E-state index is 10.2. The molecule has 0 aliphatic carbocycles. The van der Waals surface area contributed by atoms with Crippen molar-refractivity contribution in [1.82, 2.24) is 0 Å². The first kappa shape index (κ1) is 35.2. The number of rotatable bonds is 6. The molecule has 0 bridgehead atoms. The van der Waals surface area contributed by atoms with Gasteiger partial charge >= 0.3 is 26.2 Å². The Kier molecular flexibility index (Phi) is 35.7. The first-order valence-electron chi connectivity index (χ1n) is 7.58. The molecule has 0 aromatic heterocycles. The van der Waals surface area contributed by atoms with E-state index in [1.54, 1.807) is 0 Å². The molecule has 0 aromatic rings. The van der Waals surface area contributed by atoms with Crippen LogP contribution in [0.1, 0.15) is 54.4 Å². The third-order valence-corrected chi connectivity index (χ3v) is 2.37. The van der Waals surface area contributed by atoms with Crippen LogP contribution in [-0.2, 0) is 45.4 Å². The van der Waals surface area contributed by atoms with Crippen LogP contribution in [0.2, 0.25) is 0 Å².